The van der Waals surface area contributed by atoms with Gasteiger partial charge in [-0.25, -0.2) is 9.78 Å². The summed E-state index contributed by atoms with van der Waals surface area (Å²) >= 11 is 1.43. The number of thiazole rings is 1. The minimum atomic E-state index is -0.847. The molecule has 9 nitrogen and oxygen atoms in total. The molecule has 2 saturated heterocycles. The second-order valence-electron chi connectivity index (χ2n) is 8.51. The SMILES string of the molecule is CC(C)(C)OC(=O)N[C@@H](Cc1cscn1)C(=O)N1CCC[C@@H]1C(=O)N1CCOCC1. The highest BCUT2D eigenvalue weighted by molar-refractivity contribution is 7.07. The maximum absolute atomic E-state index is 13.4. The highest BCUT2D eigenvalue weighted by atomic mass is 32.1. The number of alkyl carbamates (subject to hydrolysis) is 1. The van der Waals surface area contributed by atoms with Crippen molar-refractivity contribution in [3.63, 3.8) is 0 Å². The summed E-state index contributed by atoms with van der Waals surface area (Å²) in [6, 6.07) is -1.35. The maximum Gasteiger partial charge on any atom is 0.408 e. The molecular formula is C20H30N4O5S. The van der Waals surface area contributed by atoms with Gasteiger partial charge in [-0.3, -0.25) is 9.59 Å². The van der Waals surface area contributed by atoms with Gasteiger partial charge in [-0.15, -0.1) is 11.3 Å². The number of carbonyl (C=O) groups is 3. The third-order valence-electron chi connectivity index (χ3n) is 5.03. The van der Waals surface area contributed by atoms with Gasteiger partial charge >= 0.3 is 6.09 Å². The van der Waals surface area contributed by atoms with Gasteiger partial charge in [0.25, 0.3) is 0 Å². The lowest BCUT2D eigenvalue weighted by Crippen LogP contribution is -2.56. The Kier molecular flexibility index (Phi) is 7.30. The quantitative estimate of drug-likeness (QED) is 0.746. The van der Waals surface area contributed by atoms with Crippen LogP contribution in [0.5, 0.6) is 0 Å². The van der Waals surface area contributed by atoms with Gasteiger partial charge < -0.3 is 24.6 Å². The predicted molar refractivity (Wildman–Crippen MR) is 111 cm³/mol. The van der Waals surface area contributed by atoms with Crippen molar-refractivity contribution in [2.24, 2.45) is 0 Å². The first-order valence-electron chi connectivity index (χ1n) is 10.3. The second-order valence-corrected chi connectivity index (χ2v) is 9.23. The van der Waals surface area contributed by atoms with Gasteiger partial charge in [-0.1, -0.05) is 0 Å². The number of hydrogen-bond donors (Lipinski definition) is 1. The average molecular weight is 439 g/mol. The normalized spacial score (nSPS) is 20.7. The largest absolute Gasteiger partial charge is 0.444 e. The number of nitrogens with one attached hydrogen (secondary N) is 1. The third-order valence-corrected chi connectivity index (χ3v) is 5.66. The molecule has 30 heavy (non-hydrogen) atoms. The number of nitrogens with zero attached hydrogens (tertiary/aromatic N) is 3. The smallest absolute Gasteiger partial charge is 0.408 e. The van der Waals surface area contributed by atoms with Crippen LogP contribution in [0.3, 0.4) is 0 Å². The molecule has 0 unspecified atom stereocenters. The highest BCUT2D eigenvalue weighted by Gasteiger charge is 2.40. The first kappa shape index (κ1) is 22.5. The molecule has 0 bridgehead atoms. The van der Waals surface area contributed by atoms with Gasteiger partial charge in [0.1, 0.15) is 17.7 Å². The zero-order chi connectivity index (χ0) is 21.7. The van der Waals surface area contributed by atoms with E-state index in [-0.39, 0.29) is 18.2 Å². The summed E-state index contributed by atoms with van der Waals surface area (Å²) < 4.78 is 10.7. The molecule has 2 aliphatic rings. The van der Waals surface area contributed by atoms with Crippen LogP contribution < -0.4 is 5.32 Å². The maximum atomic E-state index is 13.4. The van der Waals surface area contributed by atoms with Crippen LogP contribution in [-0.2, 0) is 25.5 Å². The van der Waals surface area contributed by atoms with Crippen LogP contribution in [0.4, 0.5) is 4.79 Å². The molecule has 166 valence electrons. The zero-order valence-electron chi connectivity index (χ0n) is 17.8. The second kappa shape index (κ2) is 9.74. The molecule has 0 radical (unpaired) electrons. The van der Waals surface area contributed by atoms with E-state index in [2.05, 4.69) is 10.3 Å². The van der Waals surface area contributed by atoms with E-state index in [4.69, 9.17) is 9.47 Å². The summed E-state index contributed by atoms with van der Waals surface area (Å²) in [7, 11) is 0. The Morgan fingerprint density at radius 2 is 2.03 bits per heavy atom. The van der Waals surface area contributed by atoms with Crippen molar-refractivity contribution >= 4 is 29.2 Å². The van der Waals surface area contributed by atoms with Crippen LogP contribution in [0.15, 0.2) is 10.9 Å². The van der Waals surface area contributed by atoms with Crippen molar-refractivity contribution in [2.75, 3.05) is 32.8 Å². The molecule has 0 saturated carbocycles. The first-order chi connectivity index (χ1) is 14.2. The van der Waals surface area contributed by atoms with Crippen molar-refractivity contribution in [3.8, 4) is 0 Å². The Morgan fingerprint density at radius 1 is 1.30 bits per heavy atom. The van der Waals surface area contributed by atoms with Gasteiger partial charge in [0.15, 0.2) is 0 Å². The van der Waals surface area contributed by atoms with E-state index in [0.29, 0.717) is 45.0 Å². The Balaban J connectivity index is 1.73. The third kappa shape index (κ3) is 5.91. The lowest BCUT2D eigenvalue weighted by Gasteiger charge is -2.34. The number of hydrogen-bond acceptors (Lipinski definition) is 7. The highest BCUT2D eigenvalue weighted by Crippen LogP contribution is 2.22. The minimum absolute atomic E-state index is 0.0474. The Hall–Kier alpha value is -2.20. The summed E-state index contributed by atoms with van der Waals surface area (Å²) in [5.74, 6) is -0.327. The fourth-order valence-electron chi connectivity index (χ4n) is 3.68. The van der Waals surface area contributed by atoms with Crippen LogP contribution in [0.2, 0.25) is 0 Å². The topological polar surface area (TPSA) is 101 Å². The molecule has 2 atom stereocenters. The fourth-order valence-corrected chi connectivity index (χ4v) is 4.25. The van der Waals surface area contributed by atoms with Crippen LogP contribution >= 0.6 is 11.3 Å². The standard InChI is InChI=1S/C20H30N4O5S/c1-20(2,3)29-19(27)22-15(11-14-12-30-13-21-14)17(25)24-6-4-5-16(24)18(26)23-7-9-28-10-8-23/h12-13,15-16H,4-11H2,1-3H3,(H,22,27)/t15-,16+/m0/s1. The molecule has 1 N–H and O–H groups in total. The Morgan fingerprint density at radius 3 is 2.67 bits per heavy atom. The Bertz CT molecular complexity index is 743. The molecule has 2 aliphatic heterocycles. The molecule has 0 aliphatic carbocycles. The van der Waals surface area contributed by atoms with Crippen LogP contribution in [0, 0.1) is 0 Å². The number of likely N-dealkylation sites (tertiary alicyclic amines) is 1. The number of aromatic nitrogens is 1. The molecule has 3 rings (SSSR count). The Labute approximate surface area is 180 Å². The van der Waals surface area contributed by atoms with E-state index in [1.54, 1.807) is 36.1 Å². The van der Waals surface area contributed by atoms with E-state index in [1.165, 1.54) is 11.3 Å². The lowest BCUT2D eigenvalue weighted by atomic mass is 10.1. The molecule has 0 aromatic carbocycles. The molecule has 2 fully saturated rings. The van der Waals surface area contributed by atoms with E-state index in [0.717, 1.165) is 6.42 Å². The lowest BCUT2D eigenvalue weighted by molar-refractivity contribution is -0.147. The van der Waals surface area contributed by atoms with Crippen molar-refractivity contribution in [1.29, 1.82) is 0 Å². The number of ether oxygens (including phenoxy) is 2. The van der Waals surface area contributed by atoms with Gasteiger partial charge in [0.05, 0.1) is 24.4 Å². The monoisotopic (exact) mass is 438 g/mol. The molecule has 3 heterocycles. The van der Waals surface area contributed by atoms with Crippen LogP contribution in [0.25, 0.3) is 0 Å². The van der Waals surface area contributed by atoms with E-state index < -0.39 is 23.8 Å². The summed E-state index contributed by atoms with van der Waals surface area (Å²) in [5, 5.41) is 4.54. The molecular weight excluding hydrogens is 408 g/mol. The predicted octanol–water partition coefficient (Wildman–Crippen LogP) is 1.43. The first-order valence-corrected chi connectivity index (χ1v) is 11.2. The minimum Gasteiger partial charge on any atom is -0.444 e. The van der Waals surface area contributed by atoms with E-state index >= 15 is 0 Å². The molecule has 10 heteroatoms. The number of carbonyl (C=O) groups excluding carboxylic acids is 3. The van der Waals surface area contributed by atoms with Gasteiger partial charge in [-0.05, 0) is 33.6 Å². The van der Waals surface area contributed by atoms with E-state index in [1.807, 2.05) is 5.38 Å². The number of rotatable bonds is 5. The zero-order valence-corrected chi connectivity index (χ0v) is 18.6. The van der Waals surface area contributed by atoms with Gasteiger partial charge in [0, 0.05) is 31.4 Å². The molecule has 0 spiro atoms. The molecule has 1 aromatic heterocycles. The summed E-state index contributed by atoms with van der Waals surface area (Å²) in [4.78, 5) is 46.4. The average Bonchev–Trinajstić information content (AvgIpc) is 3.37. The number of morpholine rings is 1. The fraction of sp³-hybridized carbons (Fsp3) is 0.700. The van der Waals surface area contributed by atoms with Crippen LogP contribution in [-0.4, -0.2) is 83.2 Å². The molecule has 1 aromatic rings. The summed E-state index contributed by atoms with van der Waals surface area (Å²) in [6.45, 7) is 7.89. The van der Waals surface area contributed by atoms with Crippen LogP contribution in [0.1, 0.15) is 39.3 Å². The number of amides is 3. The van der Waals surface area contributed by atoms with Crippen molar-refractivity contribution in [3.05, 3.63) is 16.6 Å². The summed E-state index contributed by atoms with van der Waals surface area (Å²) in [6.07, 6.45) is 0.961. The van der Waals surface area contributed by atoms with Gasteiger partial charge in [0.2, 0.25) is 11.8 Å². The molecule has 3 amide bonds. The van der Waals surface area contributed by atoms with E-state index in [9.17, 15) is 14.4 Å². The van der Waals surface area contributed by atoms with Crippen molar-refractivity contribution < 1.29 is 23.9 Å². The summed E-state index contributed by atoms with van der Waals surface area (Å²) in [5.41, 5.74) is 1.72. The van der Waals surface area contributed by atoms with Gasteiger partial charge in [-0.2, -0.15) is 0 Å². The van der Waals surface area contributed by atoms with Crippen molar-refractivity contribution in [1.82, 2.24) is 20.1 Å². The van der Waals surface area contributed by atoms with Crippen molar-refractivity contribution in [2.45, 2.75) is 57.7 Å².